The summed E-state index contributed by atoms with van der Waals surface area (Å²) in [6, 6.07) is 5.12. The third-order valence-corrected chi connectivity index (χ3v) is 4.51. The summed E-state index contributed by atoms with van der Waals surface area (Å²) in [7, 11) is 1.54. The summed E-state index contributed by atoms with van der Waals surface area (Å²) in [6.45, 7) is 7.06. The third-order valence-electron chi connectivity index (χ3n) is 4.51. The van der Waals surface area contributed by atoms with Gasteiger partial charge in [0, 0.05) is 18.5 Å². The number of unbranched alkanes of at least 4 members (excludes halogenated alkanes) is 1. The minimum atomic E-state index is -0.0177. The largest absolute Gasteiger partial charge is 0.493 e. The maximum atomic E-state index is 12.0. The molecule has 1 rings (SSSR count). The Morgan fingerprint density at radius 2 is 1.92 bits per heavy atom. The first-order chi connectivity index (χ1) is 12.5. The lowest BCUT2D eigenvalue weighted by atomic mass is 9.99. The molecule has 0 aromatic heterocycles. The van der Waals surface area contributed by atoms with Crippen LogP contribution in [0.4, 0.5) is 0 Å². The van der Waals surface area contributed by atoms with E-state index in [2.05, 4.69) is 19.2 Å². The van der Waals surface area contributed by atoms with Crippen LogP contribution >= 0.6 is 0 Å². The molecular weight excluding hydrogens is 330 g/mol. The van der Waals surface area contributed by atoms with E-state index in [1.165, 1.54) is 26.2 Å². The summed E-state index contributed by atoms with van der Waals surface area (Å²) in [5.41, 5.74) is 0.585. The van der Waals surface area contributed by atoms with Gasteiger partial charge in [0.05, 0.1) is 13.7 Å². The number of Topliss-reactive ketones (excluding diaryl/α,β-unsaturated/α-hetero) is 1. The average Bonchev–Trinajstić information content (AvgIpc) is 2.65. The lowest BCUT2D eigenvalue weighted by Crippen LogP contribution is -2.29. The van der Waals surface area contributed by atoms with Gasteiger partial charge < -0.3 is 14.8 Å². The Morgan fingerprint density at radius 3 is 2.54 bits per heavy atom. The van der Waals surface area contributed by atoms with Gasteiger partial charge >= 0.3 is 0 Å². The smallest absolute Gasteiger partial charge is 0.220 e. The Bertz CT molecular complexity index is 571. The second-order valence-electron chi connectivity index (χ2n) is 6.59. The molecule has 1 aromatic carbocycles. The van der Waals surface area contributed by atoms with Crippen LogP contribution in [-0.2, 0) is 4.79 Å². The van der Waals surface area contributed by atoms with Crippen molar-refractivity contribution in [2.45, 2.75) is 59.3 Å². The Morgan fingerprint density at radius 1 is 1.15 bits per heavy atom. The predicted octanol–water partition coefficient (Wildman–Crippen LogP) is 4.39. The van der Waals surface area contributed by atoms with Gasteiger partial charge in [0.1, 0.15) is 0 Å². The monoisotopic (exact) mass is 363 g/mol. The molecule has 0 aliphatic carbocycles. The molecule has 1 amide bonds. The molecule has 1 aromatic rings. The summed E-state index contributed by atoms with van der Waals surface area (Å²) in [6.07, 6.45) is 5.75. The van der Waals surface area contributed by atoms with E-state index >= 15 is 0 Å². The van der Waals surface area contributed by atoms with Crippen LogP contribution in [0.2, 0.25) is 0 Å². The van der Waals surface area contributed by atoms with Crippen LogP contribution in [0.1, 0.15) is 69.7 Å². The minimum absolute atomic E-state index is 0.0177. The molecule has 26 heavy (non-hydrogen) atoms. The second-order valence-corrected chi connectivity index (χ2v) is 6.59. The highest BCUT2D eigenvalue weighted by Crippen LogP contribution is 2.28. The first-order valence-electron chi connectivity index (χ1n) is 9.60. The van der Waals surface area contributed by atoms with E-state index in [0.717, 1.165) is 13.0 Å². The van der Waals surface area contributed by atoms with Gasteiger partial charge in [-0.3, -0.25) is 9.59 Å². The Labute approximate surface area is 157 Å². The number of carbonyl (C=O) groups excluding carboxylic acids is 2. The van der Waals surface area contributed by atoms with Gasteiger partial charge in [-0.2, -0.15) is 0 Å². The fourth-order valence-electron chi connectivity index (χ4n) is 2.71. The summed E-state index contributed by atoms with van der Waals surface area (Å²) in [5.74, 6) is 1.74. The fraction of sp³-hybridized carbons (Fsp3) is 0.619. The topological polar surface area (TPSA) is 64.6 Å². The molecule has 0 heterocycles. The predicted molar refractivity (Wildman–Crippen MR) is 104 cm³/mol. The molecule has 0 aliphatic heterocycles. The van der Waals surface area contributed by atoms with Crippen molar-refractivity contribution in [1.82, 2.24) is 5.32 Å². The van der Waals surface area contributed by atoms with Gasteiger partial charge in [-0.1, -0.05) is 33.1 Å². The lowest BCUT2D eigenvalue weighted by Gasteiger charge is -2.15. The van der Waals surface area contributed by atoms with Crippen LogP contribution < -0.4 is 14.8 Å². The molecular formula is C21H33NO4. The van der Waals surface area contributed by atoms with E-state index in [9.17, 15) is 9.59 Å². The first-order valence-corrected chi connectivity index (χ1v) is 9.60. The molecule has 1 N–H and O–H groups in total. The quantitative estimate of drug-likeness (QED) is 0.417. The molecule has 5 heteroatoms. The van der Waals surface area contributed by atoms with Gasteiger partial charge in [-0.05, 0) is 43.9 Å². The summed E-state index contributed by atoms with van der Waals surface area (Å²) in [5, 5.41) is 3.03. The number of hydrogen-bond donors (Lipinski definition) is 1. The normalized spacial score (nSPS) is 11.7. The van der Waals surface area contributed by atoms with Crippen molar-refractivity contribution in [1.29, 1.82) is 0 Å². The maximum Gasteiger partial charge on any atom is 0.220 e. The Balaban J connectivity index is 2.33. The zero-order valence-corrected chi connectivity index (χ0v) is 16.6. The van der Waals surface area contributed by atoms with Crippen molar-refractivity contribution in [3.05, 3.63) is 23.8 Å². The van der Waals surface area contributed by atoms with Crippen molar-refractivity contribution in [2.24, 2.45) is 5.92 Å². The van der Waals surface area contributed by atoms with E-state index in [1.54, 1.807) is 25.3 Å². The number of rotatable bonds is 13. The number of methoxy groups -OCH3 is 1. The lowest BCUT2D eigenvalue weighted by molar-refractivity contribution is -0.121. The Kier molecular flexibility index (Phi) is 10.4. The molecule has 0 radical (unpaired) electrons. The number of carbonyl (C=O) groups is 2. The molecule has 0 aliphatic rings. The Hall–Kier alpha value is -2.04. The number of nitrogens with one attached hydrogen (secondary N) is 1. The van der Waals surface area contributed by atoms with E-state index in [-0.39, 0.29) is 11.7 Å². The van der Waals surface area contributed by atoms with Crippen LogP contribution in [0.3, 0.4) is 0 Å². The van der Waals surface area contributed by atoms with Gasteiger partial charge in [0.25, 0.3) is 0 Å². The molecule has 0 fully saturated rings. The summed E-state index contributed by atoms with van der Waals surface area (Å²) in [4.78, 5) is 23.4. The zero-order chi connectivity index (χ0) is 19.4. The van der Waals surface area contributed by atoms with Crippen LogP contribution in [0.25, 0.3) is 0 Å². The van der Waals surface area contributed by atoms with E-state index < -0.39 is 0 Å². The highest BCUT2D eigenvalue weighted by atomic mass is 16.5. The number of ketones is 1. The standard InChI is InChI=1S/C21H33NO4/c1-5-7-9-17(6-2)15-22-21(24)10-8-13-26-19-12-11-18(16(3)23)14-20(19)25-4/h11-12,14,17H,5-10,13,15H2,1-4H3,(H,22,24). The molecule has 0 bridgehead atoms. The SMILES string of the molecule is CCCCC(CC)CNC(=O)CCCOc1ccc(C(C)=O)cc1OC. The molecule has 1 unspecified atom stereocenters. The second kappa shape index (κ2) is 12.3. The van der Waals surface area contributed by atoms with Crippen molar-refractivity contribution in [3.8, 4) is 11.5 Å². The van der Waals surface area contributed by atoms with E-state index in [4.69, 9.17) is 9.47 Å². The first kappa shape index (κ1) is 22.0. The molecule has 0 saturated heterocycles. The van der Waals surface area contributed by atoms with Crippen LogP contribution in [0, 0.1) is 5.92 Å². The number of benzene rings is 1. The van der Waals surface area contributed by atoms with Crippen molar-refractivity contribution in [2.75, 3.05) is 20.3 Å². The molecule has 1 atom stereocenters. The van der Waals surface area contributed by atoms with Gasteiger partial charge in [0.2, 0.25) is 5.91 Å². The van der Waals surface area contributed by atoms with Gasteiger partial charge in [-0.15, -0.1) is 0 Å². The number of ether oxygens (including phenoxy) is 2. The van der Waals surface area contributed by atoms with Gasteiger partial charge in [-0.25, -0.2) is 0 Å². The van der Waals surface area contributed by atoms with Gasteiger partial charge in [0.15, 0.2) is 17.3 Å². The number of amides is 1. The molecule has 146 valence electrons. The maximum absolute atomic E-state index is 12.0. The highest BCUT2D eigenvalue weighted by Gasteiger charge is 2.10. The zero-order valence-electron chi connectivity index (χ0n) is 16.6. The molecule has 0 saturated carbocycles. The van der Waals surface area contributed by atoms with Crippen LogP contribution in [-0.4, -0.2) is 32.0 Å². The summed E-state index contributed by atoms with van der Waals surface area (Å²) >= 11 is 0. The molecule has 0 spiro atoms. The fourth-order valence-corrected chi connectivity index (χ4v) is 2.71. The van der Waals surface area contributed by atoms with Crippen LogP contribution in [0.15, 0.2) is 18.2 Å². The van der Waals surface area contributed by atoms with Crippen LogP contribution in [0.5, 0.6) is 11.5 Å². The molecule has 5 nitrogen and oxygen atoms in total. The summed E-state index contributed by atoms with van der Waals surface area (Å²) < 4.78 is 11.0. The van der Waals surface area contributed by atoms with Crippen molar-refractivity contribution >= 4 is 11.7 Å². The third kappa shape index (κ3) is 7.89. The average molecular weight is 363 g/mol. The van der Waals surface area contributed by atoms with Crippen molar-refractivity contribution in [3.63, 3.8) is 0 Å². The highest BCUT2D eigenvalue weighted by molar-refractivity contribution is 5.94. The van der Waals surface area contributed by atoms with E-state index in [1.807, 2.05) is 0 Å². The number of hydrogen-bond acceptors (Lipinski definition) is 4. The van der Waals surface area contributed by atoms with E-state index in [0.29, 0.717) is 42.4 Å². The minimum Gasteiger partial charge on any atom is -0.493 e. The van der Waals surface area contributed by atoms with Crippen molar-refractivity contribution < 1.29 is 19.1 Å².